The zero-order chi connectivity index (χ0) is 14.7. The van der Waals surface area contributed by atoms with Gasteiger partial charge >= 0.3 is 14.8 Å². The summed E-state index contributed by atoms with van der Waals surface area (Å²) in [4.78, 5) is 11.8. The third-order valence-corrected chi connectivity index (χ3v) is 5.05. The lowest BCUT2D eigenvalue weighted by atomic mass is 10.4. The van der Waals surface area contributed by atoms with Crippen LogP contribution in [-0.4, -0.2) is 41.2 Å². The number of carbonyl (C=O) groups excluding carboxylic acids is 1. The molecule has 0 amide bonds. The van der Waals surface area contributed by atoms with Crippen molar-refractivity contribution >= 4 is 28.3 Å². The maximum absolute atomic E-state index is 11.8. The van der Waals surface area contributed by atoms with Crippen LogP contribution >= 0.6 is 13.5 Å². The van der Waals surface area contributed by atoms with E-state index in [4.69, 9.17) is 18.0 Å². The number of carbonyl (C=O) groups is 1. The molecule has 0 aliphatic carbocycles. The van der Waals surface area contributed by atoms with Gasteiger partial charge in [0.1, 0.15) is 0 Å². The third-order valence-electron chi connectivity index (χ3n) is 2.19. The first-order valence-electron chi connectivity index (χ1n) is 6.83. The maximum atomic E-state index is 11.8. The van der Waals surface area contributed by atoms with Crippen molar-refractivity contribution in [1.29, 1.82) is 0 Å². The second-order valence-corrected chi connectivity index (χ2v) is 6.23. The highest BCUT2D eigenvalue weighted by molar-refractivity contribution is 7.59. The Morgan fingerprint density at radius 2 is 1.45 bits per heavy atom. The van der Waals surface area contributed by atoms with Crippen molar-refractivity contribution < 1.29 is 22.8 Å². The molecule has 0 aromatic heterocycles. The summed E-state index contributed by atoms with van der Waals surface area (Å²) in [5.41, 5.74) is 2.14. The van der Waals surface area contributed by atoms with E-state index in [9.17, 15) is 4.79 Å². The molecule has 120 valence electrons. The number of ether oxygens (including phenoxy) is 1. The summed E-state index contributed by atoms with van der Waals surface area (Å²) in [5.74, 6) is -0.349. The second kappa shape index (κ2) is 12.4. The Kier molecular flexibility index (Phi) is 13.6. The topological polar surface area (TPSA) is 54.0 Å². The summed E-state index contributed by atoms with van der Waals surface area (Å²) in [6.07, 6.45) is 0.796. The summed E-state index contributed by atoms with van der Waals surface area (Å²) >= 11 is 0. The van der Waals surface area contributed by atoms with Crippen LogP contribution in [0.3, 0.4) is 0 Å². The molecule has 0 rings (SSSR count). The fourth-order valence-corrected chi connectivity index (χ4v) is 3.84. The van der Waals surface area contributed by atoms with Crippen LogP contribution in [0.4, 0.5) is 0 Å². The largest absolute Gasteiger partial charge is 0.530 e. The number of hydrogen-bond acceptors (Lipinski definition) is 5. The Morgan fingerprint density at radius 1 is 1.00 bits per heavy atom. The van der Waals surface area contributed by atoms with Crippen molar-refractivity contribution in [3.05, 3.63) is 11.3 Å². The predicted octanol–water partition coefficient (Wildman–Crippen LogP) is 2.59. The molecule has 0 aliphatic rings. The van der Waals surface area contributed by atoms with Gasteiger partial charge in [0.15, 0.2) is 0 Å². The van der Waals surface area contributed by atoms with Crippen LogP contribution in [0.25, 0.3) is 0 Å². The number of hydrogen-bond donors (Lipinski definition) is 0. The third kappa shape index (κ3) is 8.06. The van der Waals surface area contributed by atoms with E-state index in [0.29, 0.717) is 32.0 Å². The van der Waals surface area contributed by atoms with Crippen LogP contribution in [0.2, 0.25) is 0 Å². The highest BCUT2D eigenvalue weighted by Gasteiger charge is 2.39. The molecule has 0 saturated heterocycles. The Morgan fingerprint density at radius 3 is 1.80 bits per heavy atom. The summed E-state index contributed by atoms with van der Waals surface area (Å²) in [7, 11) is -2.92. The van der Waals surface area contributed by atoms with Gasteiger partial charge in [-0.15, -0.1) is 0 Å². The standard InChI is InChI=1S/C13H26O5Si.H2S/c1-6-10-15-13(14)12(5)11-19(16-7-2,17-8-3)18-9-4;/h11H,6-10H2,1-5H3;1H2. The van der Waals surface area contributed by atoms with Crippen LogP contribution in [0, 0.1) is 0 Å². The number of rotatable bonds is 10. The van der Waals surface area contributed by atoms with Crippen LogP contribution in [0.5, 0.6) is 0 Å². The van der Waals surface area contributed by atoms with Gasteiger partial charge in [0, 0.05) is 25.4 Å². The van der Waals surface area contributed by atoms with Gasteiger partial charge in [-0.25, -0.2) is 4.79 Å². The minimum Gasteiger partial charge on any atom is -0.462 e. The van der Waals surface area contributed by atoms with E-state index in [1.165, 1.54) is 0 Å². The van der Waals surface area contributed by atoms with Gasteiger partial charge in [0.05, 0.1) is 6.61 Å². The summed E-state index contributed by atoms with van der Waals surface area (Å²) < 4.78 is 22.0. The van der Waals surface area contributed by atoms with Crippen molar-refractivity contribution in [3.8, 4) is 0 Å². The first-order valence-corrected chi connectivity index (χ1v) is 8.63. The fraction of sp³-hybridized carbons (Fsp3) is 0.769. The van der Waals surface area contributed by atoms with E-state index in [0.717, 1.165) is 6.42 Å². The highest BCUT2D eigenvalue weighted by Crippen LogP contribution is 2.15. The van der Waals surface area contributed by atoms with Gasteiger partial charge in [0.25, 0.3) is 0 Å². The molecular formula is C13H28O5SSi. The molecule has 0 aliphatic heterocycles. The first-order chi connectivity index (χ1) is 9.05. The van der Waals surface area contributed by atoms with Gasteiger partial charge in [-0.2, -0.15) is 13.5 Å². The quantitative estimate of drug-likeness (QED) is 0.351. The summed E-state index contributed by atoms with van der Waals surface area (Å²) in [6, 6.07) is 0. The van der Waals surface area contributed by atoms with E-state index in [-0.39, 0.29) is 19.5 Å². The van der Waals surface area contributed by atoms with Gasteiger partial charge in [-0.3, -0.25) is 0 Å². The molecule has 0 fully saturated rings. The normalized spacial score (nSPS) is 11.9. The molecule has 0 bridgehead atoms. The van der Waals surface area contributed by atoms with Crippen molar-refractivity contribution in [3.63, 3.8) is 0 Å². The molecule has 0 aromatic rings. The molecule has 20 heavy (non-hydrogen) atoms. The summed E-state index contributed by atoms with van der Waals surface area (Å²) in [6.45, 7) is 11.1. The van der Waals surface area contributed by atoms with E-state index in [1.54, 1.807) is 12.6 Å². The molecule has 0 atom stereocenters. The molecule has 0 spiro atoms. The molecule has 0 N–H and O–H groups in total. The second-order valence-electron chi connectivity index (χ2n) is 3.87. The Balaban J connectivity index is 0. The van der Waals surface area contributed by atoms with E-state index in [2.05, 4.69) is 0 Å². The maximum Gasteiger partial charge on any atom is 0.530 e. The molecule has 0 radical (unpaired) electrons. The predicted molar refractivity (Wildman–Crippen MR) is 86.0 cm³/mol. The van der Waals surface area contributed by atoms with Crippen molar-refractivity contribution in [2.75, 3.05) is 26.4 Å². The van der Waals surface area contributed by atoms with Gasteiger partial charge in [0.2, 0.25) is 0 Å². The van der Waals surface area contributed by atoms with Crippen LogP contribution in [0.15, 0.2) is 11.3 Å². The molecule has 0 saturated carbocycles. The Hall–Kier alpha value is -0.343. The van der Waals surface area contributed by atoms with Crippen LogP contribution in [0.1, 0.15) is 41.0 Å². The van der Waals surface area contributed by atoms with Gasteiger partial charge in [-0.1, -0.05) is 6.92 Å². The van der Waals surface area contributed by atoms with Gasteiger partial charge in [-0.05, 0) is 39.8 Å². The minimum atomic E-state index is -2.92. The van der Waals surface area contributed by atoms with Crippen molar-refractivity contribution in [1.82, 2.24) is 0 Å². The average molecular weight is 325 g/mol. The Labute approximate surface area is 130 Å². The zero-order valence-corrected chi connectivity index (χ0v) is 15.2. The molecule has 0 unspecified atom stereocenters. The highest BCUT2D eigenvalue weighted by atomic mass is 32.1. The van der Waals surface area contributed by atoms with Crippen LogP contribution < -0.4 is 0 Å². The summed E-state index contributed by atoms with van der Waals surface area (Å²) in [5, 5.41) is 0. The lowest BCUT2D eigenvalue weighted by Gasteiger charge is -2.25. The van der Waals surface area contributed by atoms with Crippen molar-refractivity contribution in [2.45, 2.75) is 41.0 Å². The van der Waals surface area contributed by atoms with Crippen LogP contribution in [-0.2, 0) is 22.8 Å². The lowest BCUT2D eigenvalue weighted by molar-refractivity contribution is -0.139. The molecule has 7 heteroatoms. The minimum absolute atomic E-state index is 0. The van der Waals surface area contributed by atoms with E-state index < -0.39 is 8.80 Å². The SMILES string of the molecule is CCCOC(=O)C(C)=C[Si](OCC)(OCC)OCC.S. The number of esters is 1. The van der Waals surface area contributed by atoms with E-state index in [1.807, 2.05) is 27.7 Å². The average Bonchev–Trinajstić information content (AvgIpc) is 2.36. The Bertz CT molecular complexity index is 279. The molecule has 0 aromatic carbocycles. The monoisotopic (exact) mass is 324 g/mol. The van der Waals surface area contributed by atoms with E-state index >= 15 is 0 Å². The smallest absolute Gasteiger partial charge is 0.462 e. The fourth-order valence-electron chi connectivity index (χ4n) is 1.49. The lowest BCUT2D eigenvalue weighted by Crippen LogP contribution is -2.45. The molecule has 0 heterocycles. The van der Waals surface area contributed by atoms with Gasteiger partial charge < -0.3 is 18.0 Å². The molecule has 5 nitrogen and oxygen atoms in total. The first kappa shape index (κ1) is 21.9. The van der Waals surface area contributed by atoms with Crippen molar-refractivity contribution in [2.24, 2.45) is 0 Å². The molecular weight excluding hydrogens is 296 g/mol. The zero-order valence-electron chi connectivity index (χ0n) is 13.2.